The molecule has 1 aromatic rings. The van der Waals surface area contributed by atoms with Crippen LogP contribution in [0.5, 0.6) is 0 Å². The lowest BCUT2D eigenvalue weighted by Gasteiger charge is -2.39. The summed E-state index contributed by atoms with van der Waals surface area (Å²) < 4.78 is 12.7. The predicted molar refractivity (Wildman–Crippen MR) is 63.1 cm³/mol. The highest BCUT2D eigenvalue weighted by molar-refractivity contribution is 5.94. The smallest absolute Gasteiger partial charge is 0.255 e. The number of nitrogens with zero attached hydrogens (tertiary/aromatic N) is 2. The van der Waals surface area contributed by atoms with E-state index in [4.69, 9.17) is 0 Å². The number of carbonyl (C=O) groups is 1. The van der Waals surface area contributed by atoms with Crippen LogP contribution >= 0.6 is 0 Å². The maximum atomic E-state index is 12.7. The summed E-state index contributed by atoms with van der Waals surface area (Å²) >= 11 is 0. The van der Waals surface area contributed by atoms with Crippen molar-refractivity contribution in [3.63, 3.8) is 0 Å². The monoisotopic (exact) mass is 236 g/mol. The molecule has 1 aliphatic rings. The largest absolute Gasteiger partial charge is 0.333 e. The lowest BCUT2D eigenvalue weighted by Crippen LogP contribution is -2.47. The van der Waals surface area contributed by atoms with Crippen LogP contribution in [-0.4, -0.2) is 27.9 Å². The van der Waals surface area contributed by atoms with Crippen molar-refractivity contribution in [1.29, 1.82) is 0 Å². The van der Waals surface area contributed by atoms with Crippen LogP contribution in [0.2, 0.25) is 0 Å². The molecule has 0 bridgehead atoms. The molecule has 1 amide bonds. The Bertz CT molecular complexity index is 394. The molecule has 0 spiro atoms. The summed E-state index contributed by atoms with van der Waals surface area (Å²) in [6.07, 6.45) is 4.54. The lowest BCUT2D eigenvalue weighted by atomic mass is 9.96. The van der Waals surface area contributed by atoms with Crippen molar-refractivity contribution < 1.29 is 9.18 Å². The molecule has 2 unspecified atom stereocenters. The fourth-order valence-electron chi connectivity index (χ4n) is 2.47. The number of hydrogen-bond acceptors (Lipinski definition) is 2. The first-order valence-corrected chi connectivity index (χ1v) is 6.04. The Hall–Kier alpha value is -1.45. The Labute approximate surface area is 101 Å². The Kier molecular flexibility index (Phi) is 3.41. The molecule has 2 heterocycles. The molecule has 0 N–H and O–H groups in total. The van der Waals surface area contributed by atoms with E-state index in [0.717, 1.165) is 19.3 Å². The summed E-state index contributed by atoms with van der Waals surface area (Å²) in [4.78, 5) is 17.7. The van der Waals surface area contributed by atoms with Gasteiger partial charge in [0, 0.05) is 18.3 Å². The van der Waals surface area contributed by atoms with Crippen molar-refractivity contribution in [3.05, 3.63) is 29.8 Å². The predicted octanol–water partition coefficient (Wildman–Crippen LogP) is 2.62. The molecule has 3 nitrogen and oxygen atoms in total. The van der Waals surface area contributed by atoms with Crippen molar-refractivity contribution in [3.8, 4) is 0 Å². The number of pyridine rings is 1. The van der Waals surface area contributed by atoms with Crippen LogP contribution in [0.1, 0.15) is 43.5 Å². The van der Waals surface area contributed by atoms with E-state index >= 15 is 0 Å². The van der Waals surface area contributed by atoms with Gasteiger partial charge in [-0.15, -0.1) is 0 Å². The zero-order valence-corrected chi connectivity index (χ0v) is 10.2. The Morgan fingerprint density at radius 1 is 1.35 bits per heavy atom. The van der Waals surface area contributed by atoms with Gasteiger partial charge in [0.05, 0.1) is 5.56 Å². The van der Waals surface area contributed by atoms with Gasteiger partial charge in [-0.3, -0.25) is 4.79 Å². The van der Waals surface area contributed by atoms with Gasteiger partial charge < -0.3 is 4.90 Å². The van der Waals surface area contributed by atoms with Gasteiger partial charge in [-0.1, -0.05) is 0 Å². The van der Waals surface area contributed by atoms with E-state index in [1.807, 2.05) is 4.90 Å². The highest BCUT2D eigenvalue weighted by atomic mass is 19.1. The first kappa shape index (κ1) is 12.0. The van der Waals surface area contributed by atoms with Gasteiger partial charge in [0.25, 0.3) is 5.91 Å². The van der Waals surface area contributed by atoms with Crippen molar-refractivity contribution >= 4 is 5.91 Å². The molecule has 92 valence electrons. The Morgan fingerprint density at radius 2 is 2.00 bits per heavy atom. The number of piperidine rings is 1. The van der Waals surface area contributed by atoms with Gasteiger partial charge in [-0.2, -0.15) is 4.39 Å². The number of aromatic nitrogens is 1. The number of rotatable bonds is 1. The zero-order valence-electron chi connectivity index (χ0n) is 10.2. The van der Waals surface area contributed by atoms with Crippen molar-refractivity contribution in [2.24, 2.45) is 0 Å². The van der Waals surface area contributed by atoms with Crippen molar-refractivity contribution in [2.45, 2.75) is 45.2 Å². The number of likely N-dealkylation sites (tertiary alicyclic amines) is 1. The average Bonchev–Trinajstić information content (AvgIpc) is 2.29. The number of halogens is 1. The molecule has 17 heavy (non-hydrogen) atoms. The molecule has 2 rings (SSSR count). The van der Waals surface area contributed by atoms with E-state index in [0.29, 0.717) is 5.56 Å². The summed E-state index contributed by atoms with van der Waals surface area (Å²) in [5, 5.41) is 0. The van der Waals surface area contributed by atoms with Gasteiger partial charge >= 0.3 is 0 Å². The van der Waals surface area contributed by atoms with Gasteiger partial charge in [-0.05, 0) is 45.2 Å². The SMILES string of the molecule is CC1CCCC(C)N1C(=O)c1ccc(F)nc1. The van der Waals surface area contributed by atoms with Crippen molar-refractivity contribution in [1.82, 2.24) is 9.88 Å². The van der Waals surface area contributed by atoms with E-state index < -0.39 is 5.95 Å². The first-order chi connectivity index (χ1) is 8.09. The van der Waals surface area contributed by atoms with Crippen LogP contribution in [0.25, 0.3) is 0 Å². The third-order valence-electron chi connectivity index (χ3n) is 3.40. The molecule has 4 heteroatoms. The molecule has 1 aliphatic heterocycles. The summed E-state index contributed by atoms with van der Waals surface area (Å²) in [5.74, 6) is -0.599. The number of hydrogen-bond donors (Lipinski definition) is 0. The summed E-state index contributed by atoms with van der Waals surface area (Å²) in [7, 11) is 0. The maximum Gasteiger partial charge on any atom is 0.255 e. The number of carbonyl (C=O) groups excluding carboxylic acids is 1. The van der Waals surface area contributed by atoms with Crippen LogP contribution < -0.4 is 0 Å². The minimum Gasteiger partial charge on any atom is -0.333 e. The highest BCUT2D eigenvalue weighted by Gasteiger charge is 2.29. The Balaban J connectivity index is 2.20. The molecule has 0 aliphatic carbocycles. The van der Waals surface area contributed by atoms with Crippen LogP contribution in [0.15, 0.2) is 18.3 Å². The van der Waals surface area contributed by atoms with Crippen molar-refractivity contribution in [2.75, 3.05) is 0 Å². The van der Waals surface area contributed by atoms with E-state index in [-0.39, 0.29) is 18.0 Å². The molecule has 2 atom stereocenters. The van der Waals surface area contributed by atoms with Crippen LogP contribution in [0.3, 0.4) is 0 Å². The van der Waals surface area contributed by atoms with E-state index in [2.05, 4.69) is 18.8 Å². The molecule has 1 aromatic heterocycles. The second-order valence-electron chi connectivity index (χ2n) is 4.71. The van der Waals surface area contributed by atoms with E-state index in [1.54, 1.807) is 0 Å². The second-order valence-corrected chi connectivity index (χ2v) is 4.71. The zero-order chi connectivity index (χ0) is 12.4. The topological polar surface area (TPSA) is 33.2 Å². The Morgan fingerprint density at radius 3 is 2.53 bits per heavy atom. The average molecular weight is 236 g/mol. The summed E-state index contributed by atoms with van der Waals surface area (Å²) in [5.41, 5.74) is 0.465. The summed E-state index contributed by atoms with van der Waals surface area (Å²) in [6, 6.07) is 3.22. The van der Waals surface area contributed by atoms with E-state index in [9.17, 15) is 9.18 Å². The quantitative estimate of drug-likeness (QED) is 0.702. The summed E-state index contributed by atoms with van der Waals surface area (Å²) in [6.45, 7) is 4.12. The molecule has 1 saturated heterocycles. The first-order valence-electron chi connectivity index (χ1n) is 6.04. The van der Waals surface area contributed by atoms with Gasteiger partial charge in [-0.25, -0.2) is 4.98 Å². The molecule has 0 aromatic carbocycles. The second kappa shape index (κ2) is 4.82. The van der Waals surface area contributed by atoms with E-state index in [1.165, 1.54) is 18.3 Å². The third-order valence-corrected chi connectivity index (χ3v) is 3.40. The van der Waals surface area contributed by atoms with Crippen LogP contribution in [-0.2, 0) is 0 Å². The molecule has 0 saturated carbocycles. The standard InChI is InChI=1S/C13H17FN2O/c1-9-4-3-5-10(2)16(9)13(17)11-6-7-12(14)15-8-11/h6-10H,3-5H2,1-2H3. The van der Waals surface area contributed by atoms with Gasteiger partial charge in [0.1, 0.15) is 0 Å². The van der Waals surface area contributed by atoms with Crippen LogP contribution in [0, 0.1) is 5.95 Å². The normalized spacial score (nSPS) is 24.8. The lowest BCUT2D eigenvalue weighted by molar-refractivity contribution is 0.0510. The van der Waals surface area contributed by atoms with Gasteiger partial charge in [0.2, 0.25) is 5.95 Å². The molecular formula is C13H17FN2O. The minimum absolute atomic E-state index is 0.0443. The molecule has 0 radical (unpaired) electrons. The highest BCUT2D eigenvalue weighted by Crippen LogP contribution is 2.24. The van der Waals surface area contributed by atoms with Gasteiger partial charge in [0.15, 0.2) is 0 Å². The third kappa shape index (κ3) is 2.46. The fourth-order valence-corrected chi connectivity index (χ4v) is 2.47. The fraction of sp³-hybridized carbons (Fsp3) is 0.538. The molecular weight excluding hydrogens is 219 g/mol. The number of amides is 1. The molecule has 1 fully saturated rings. The van der Waals surface area contributed by atoms with Crippen LogP contribution in [0.4, 0.5) is 4.39 Å². The maximum absolute atomic E-state index is 12.7. The minimum atomic E-state index is -0.554.